The van der Waals surface area contributed by atoms with Crippen LogP contribution in [-0.4, -0.2) is 25.0 Å². The van der Waals surface area contributed by atoms with Crippen molar-refractivity contribution in [2.45, 2.75) is 26.7 Å². The van der Waals surface area contributed by atoms with E-state index in [-0.39, 0.29) is 24.2 Å². The van der Waals surface area contributed by atoms with E-state index < -0.39 is 0 Å². The van der Waals surface area contributed by atoms with Crippen molar-refractivity contribution in [1.82, 2.24) is 0 Å². The van der Waals surface area contributed by atoms with Gasteiger partial charge < -0.3 is 15.0 Å². The van der Waals surface area contributed by atoms with E-state index in [1.54, 1.807) is 4.90 Å². The van der Waals surface area contributed by atoms with E-state index in [2.05, 4.69) is 19.2 Å². The average Bonchev–Trinajstić information content (AvgIpc) is 3.05. The maximum atomic E-state index is 12.5. The normalized spacial score (nSPS) is 16.6. The Morgan fingerprint density at radius 2 is 1.85 bits per heavy atom. The van der Waals surface area contributed by atoms with E-state index in [4.69, 9.17) is 4.74 Å². The number of amides is 2. The van der Waals surface area contributed by atoms with Gasteiger partial charge in [-0.2, -0.15) is 0 Å². The molecule has 0 bridgehead atoms. The van der Waals surface area contributed by atoms with Gasteiger partial charge >= 0.3 is 0 Å². The Bertz CT molecular complexity index is 772. The molecule has 3 rings (SSSR count). The molecular formula is C22H26N2O3. The number of carbonyl (C=O) groups excluding carboxylic acids is 2. The van der Waals surface area contributed by atoms with Crippen LogP contribution in [0.1, 0.15) is 26.7 Å². The summed E-state index contributed by atoms with van der Waals surface area (Å²) in [5.74, 6) is 0.901. The van der Waals surface area contributed by atoms with Crippen molar-refractivity contribution in [3.05, 3.63) is 54.6 Å². The molecule has 0 saturated carbocycles. The van der Waals surface area contributed by atoms with Crippen LogP contribution in [-0.2, 0) is 9.59 Å². The molecule has 1 atom stereocenters. The van der Waals surface area contributed by atoms with Crippen LogP contribution in [0, 0.1) is 11.8 Å². The van der Waals surface area contributed by atoms with Crippen molar-refractivity contribution in [2.24, 2.45) is 11.8 Å². The highest BCUT2D eigenvalue weighted by Gasteiger charge is 2.35. The van der Waals surface area contributed by atoms with Crippen molar-refractivity contribution in [3.8, 4) is 5.75 Å². The first-order chi connectivity index (χ1) is 13.0. The van der Waals surface area contributed by atoms with Crippen molar-refractivity contribution in [2.75, 3.05) is 23.4 Å². The monoisotopic (exact) mass is 366 g/mol. The maximum absolute atomic E-state index is 12.5. The number of benzene rings is 2. The maximum Gasteiger partial charge on any atom is 0.229 e. The van der Waals surface area contributed by atoms with Gasteiger partial charge in [0, 0.05) is 24.3 Å². The summed E-state index contributed by atoms with van der Waals surface area (Å²) < 4.78 is 5.69. The quantitative estimate of drug-likeness (QED) is 0.802. The lowest BCUT2D eigenvalue weighted by Gasteiger charge is -2.16. The van der Waals surface area contributed by atoms with Crippen molar-refractivity contribution < 1.29 is 14.3 Å². The Kier molecular flexibility index (Phi) is 6.12. The zero-order valence-corrected chi connectivity index (χ0v) is 15.9. The molecule has 5 heteroatoms. The topological polar surface area (TPSA) is 58.6 Å². The molecule has 0 radical (unpaired) electrons. The van der Waals surface area contributed by atoms with E-state index >= 15 is 0 Å². The molecule has 1 saturated heterocycles. The summed E-state index contributed by atoms with van der Waals surface area (Å²) in [4.78, 5) is 26.5. The Labute approximate surface area is 160 Å². The third kappa shape index (κ3) is 5.09. The molecule has 0 aromatic heterocycles. The highest BCUT2D eigenvalue weighted by Crippen LogP contribution is 2.26. The Balaban J connectivity index is 1.54. The zero-order valence-electron chi connectivity index (χ0n) is 15.9. The van der Waals surface area contributed by atoms with Gasteiger partial charge in [0.05, 0.1) is 12.5 Å². The Morgan fingerprint density at radius 3 is 2.52 bits per heavy atom. The first-order valence-corrected chi connectivity index (χ1v) is 9.42. The molecule has 5 nitrogen and oxygen atoms in total. The molecule has 0 spiro atoms. The van der Waals surface area contributed by atoms with Gasteiger partial charge in [-0.25, -0.2) is 0 Å². The minimum absolute atomic E-state index is 0.0183. The second-order valence-electron chi connectivity index (χ2n) is 7.29. The van der Waals surface area contributed by atoms with Gasteiger partial charge in [0.15, 0.2) is 0 Å². The number of rotatable bonds is 7. The molecule has 0 unspecified atom stereocenters. The third-order valence-corrected chi connectivity index (χ3v) is 4.65. The van der Waals surface area contributed by atoms with Crippen LogP contribution < -0.4 is 15.0 Å². The molecule has 2 aromatic carbocycles. The van der Waals surface area contributed by atoms with Crippen molar-refractivity contribution in [1.29, 1.82) is 0 Å². The van der Waals surface area contributed by atoms with E-state index in [0.717, 1.165) is 17.9 Å². The average molecular weight is 366 g/mol. The van der Waals surface area contributed by atoms with Crippen molar-refractivity contribution >= 4 is 23.2 Å². The van der Waals surface area contributed by atoms with Crippen LogP contribution >= 0.6 is 0 Å². The third-order valence-electron chi connectivity index (χ3n) is 4.65. The lowest BCUT2D eigenvalue weighted by Crippen LogP contribution is -2.28. The largest absolute Gasteiger partial charge is 0.494 e. The molecule has 1 N–H and O–H groups in total. The molecule has 1 fully saturated rings. The van der Waals surface area contributed by atoms with Crippen LogP contribution in [0.15, 0.2) is 54.6 Å². The predicted octanol–water partition coefficient (Wildman–Crippen LogP) is 4.10. The first kappa shape index (κ1) is 19.0. The number of hydrogen-bond acceptors (Lipinski definition) is 3. The number of nitrogens with zero attached hydrogens (tertiary/aromatic N) is 1. The highest BCUT2D eigenvalue weighted by atomic mass is 16.5. The van der Waals surface area contributed by atoms with Gasteiger partial charge in [-0.1, -0.05) is 32.0 Å². The summed E-state index contributed by atoms with van der Waals surface area (Å²) in [6.45, 7) is 5.41. The fourth-order valence-electron chi connectivity index (χ4n) is 3.03. The lowest BCUT2D eigenvalue weighted by molar-refractivity contribution is -0.122. The van der Waals surface area contributed by atoms with Crippen LogP contribution in [0.25, 0.3) is 0 Å². The SMILES string of the molecule is CC(C)CCOc1ccc(NC(=O)[C@H]2CC(=O)N(c3ccccc3)C2)cc1. The number of carbonyl (C=O) groups is 2. The van der Waals surface area contributed by atoms with Gasteiger partial charge in [-0.3, -0.25) is 9.59 Å². The molecule has 0 aliphatic carbocycles. The summed E-state index contributed by atoms with van der Waals surface area (Å²) in [5, 5.41) is 2.90. The molecule has 1 aliphatic rings. The Hall–Kier alpha value is -2.82. The molecular weight excluding hydrogens is 340 g/mol. The molecule has 142 valence electrons. The zero-order chi connectivity index (χ0) is 19.2. The minimum atomic E-state index is -0.348. The molecule has 2 aromatic rings. The first-order valence-electron chi connectivity index (χ1n) is 9.42. The fraction of sp³-hybridized carbons (Fsp3) is 0.364. The second-order valence-corrected chi connectivity index (χ2v) is 7.29. The van der Waals surface area contributed by atoms with Crippen LogP contribution in [0.3, 0.4) is 0 Å². The van der Waals surface area contributed by atoms with Gasteiger partial charge in [0.1, 0.15) is 5.75 Å². The van der Waals surface area contributed by atoms with E-state index in [0.29, 0.717) is 24.8 Å². The van der Waals surface area contributed by atoms with Crippen LogP contribution in [0.5, 0.6) is 5.75 Å². The number of nitrogens with one attached hydrogen (secondary N) is 1. The summed E-state index contributed by atoms with van der Waals surface area (Å²) >= 11 is 0. The summed E-state index contributed by atoms with van der Waals surface area (Å²) in [7, 11) is 0. The minimum Gasteiger partial charge on any atom is -0.494 e. The summed E-state index contributed by atoms with van der Waals surface area (Å²) in [6, 6.07) is 16.8. The van der Waals surface area contributed by atoms with E-state index in [9.17, 15) is 9.59 Å². The van der Waals surface area contributed by atoms with Crippen LogP contribution in [0.2, 0.25) is 0 Å². The van der Waals surface area contributed by atoms with Gasteiger partial charge in [-0.15, -0.1) is 0 Å². The number of ether oxygens (including phenoxy) is 1. The van der Waals surface area contributed by atoms with E-state index in [1.807, 2.05) is 54.6 Å². The molecule has 27 heavy (non-hydrogen) atoms. The fourth-order valence-corrected chi connectivity index (χ4v) is 3.03. The molecule has 2 amide bonds. The summed E-state index contributed by atoms with van der Waals surface area (Å²) in [5.41, 5.74) is 1.54. The predicted molar refractivity (Wildman–Crippen MR) is 107 cm³/mol. The van der Waals surface area contributed by atoms with Gasteiger partial charge in [-0.05, 0) is 48.7 Å². The number of para-hydroxylation sites is 1. The highest BCUT2D eigenvalue weighted by molar-refractivity contribution is 6.03. The van der Waals surface area contributed by atoms with Crippen LogP contribution in [0.4, 0.5) is 11.4 Å². The molecule has 1 heterocycles. The standard InChI is InChI=1S/C22H26N2O3/c1-16(2)12-13-27-20-10-8-18(9-11-20)23-22(26)17-14-21(25)24(15-17)19-6-4-3-5-7-19/h3-11,16-17H,12-15H2,1-2H3,(H,23,26)/t17-/m0/s1. The number of anilines is 2. The molecule has 1 aliphatic heterocycles. The summed E-state index contributed by atoms with van der Waals surface area (Å²) in [6.07, 6.45) is 1.24. The van der Waals surface area contributed by atoms with Gasteiger partial charge in [0.2, 0.25) is 11.8 Å². The second kappa shape index (κ2) is 8.71. The van der Waals surface area contributed by atoms with Gasteiger partial charge in [0.25, 0.3) is 0 Å². The van der Waals surface area contributed by atoms with E-state index in [1.165, 1.54) is 0 Å². The smallest absolute Gasteiger partial charge is 0.229 e. The van der Waals surface area contributed by atoms with Crippen molar-refractivity contribution in [3.63, 3.8) is 0 Å². The number of hydrogen-bond donors (Lipinski definition) is 1. The lowest BCUT2D eigenvalue weighted by atomic mass is 10.1. The Morgan fingerprint density at radius 1 is 1.15 bits per heavy atom.